The van der Waals surface area contributed by atoms with E-state index in [-0.39, 0.29) is 0 Å². The van der Waals surface area contributed by atoms with Gasteiger partial charge in [0.1, 0.15) is 0 Å². The van der Waals surface area contributed by atoms with Gasteiger partial charge in [-0.1, -0.05) is 38.2 Å². The summed E-state index contributed by atoms with van der Waals surface area (Å²) in [6.07, 6.45) is 14.2. The van der Waals surface area contributed by atoms with Gasteiger partial charge in [0, 0.05) is 5.70 Å². The van der Waals surface area contributed by atoms with Crippen LogP contribution in [0.25, 0.3) is 0 Å². The highest BCUT2D eigenvalue weighted by Crippen LogP contribution is 2.14. The van der Waals surface area contributed by atoms with Gasteiger partial charge in [0.2, 0.25) is 0 Å². The second-order valence-electron chi connectivity index (χ2n) is 3.79. The van der Waals surface area contributed by atoms with Crippen LogP contribution >= 0.6 is 0 Å². The lowest BCUT2D eigenvalue weighted by Crippen LogP contribution is -1.96. The average Bonchev–Trinajstić information content (AvgIpc) is 2.11. The lowest BCUT2D eigenvalue weighted by atomic mass is 10.1. The van der Waals surface area contributed by atoms with Gasteiger partial charge in [0.15, 0.2) is 0 Å². The molecule has 0 saturated carbocycles. The summed E-state index contributed by atoms with van der Waals surface area (Å²) in [5, 5.41) is 0. The van der Waals surface area contributed by atoms with Crippen LogP contribution in [-0.2, 0) is 0 Å². The average molecular weight is 167 g/mol. The molecule has 1 aliphatic rings. The van der Waals surface area contributed by atoms with Crippen LogP contribution in [0, 0.1) is 0 Å². The van der Waals surface area contributed by atoms with E-state index in [1.165, 1.54) is 51.4 Å². The molecular weight excluding hydrogens is 146 g/mol. The second-order valence-corrected chi connectivity index (χ2v) is 3.79. The van der Waals surface area contributed by atoms with Gasteiger partial charge < -0.3 is 5.73 Å². The van der Waals surface area contributed by atoms with Crippen LogP contribution in [-0.4, -0.2) is 0 Å². The Kier molecular flexibility index (Phi) is 4.89. The van der Waals surface area contributed by atoms with Crippen LogP contribution in [0.5, 0.6) is 0 Å². The number of allylic oxidation sites excluding steroid dienone is 2. The lowest BCUT2D eigenvalue weighted by Gasteiger charge is -1.99. The van der Waals surface area contributed by atoms with Crippen molar-refractivity contribution in [3.63, 3.8) is 0 Å². The van der Waals surface area contributed by atoms with Gasteiger partial charge >= 0.3 is 0 Å². The molecule has 1 heteroatoms. The lowest BCUT2D eigenvalue weighted by molar-refractivity contribution is 0.587. The maximum absolute atomic E-state index is 5.84. The number of rotatable bonds is 0. The molecule has 0 bridgehead atoms. The molecule has 0 radical (unpaired) electrons. The van der Waals surface area contributed by atoms with Crippen molar-refractivity contribution in [2.45, 2.75) is 57.8 Å². The fourth-order valence-corrected chi connectivity index (χ4v) is 1.75. The molecule has 1 rings (SSSR count). The van der Waals surface area contributed by atoms with E-state index in [1.807, 2.05) is 0 Å². The Morgan fingerprint density at radius 3 is 2.17 bits per heavy atom. The summed E-state index contributed by atoms with van der Waals surface area (Å²) >= 11 is 0. The Balaban J connectivity index is 2.25. The van der Waals surface area contributed by atoms with E-state index in [4.69, 9.17) is 5.73 Å². The molecule has 0 unspecified atom stereocenters. The Labute approximate surface area is 76.0 Å². The first-order valence-electron chi connectivity index (χ1n) is 5.34. The molecule has 0 amide bonds. The van der Waals surface area contributed by atoms with Gasteiger partial charge in [-0.3, -0.25) is 0 Å². The molecule has 70 valence electrons. The third-order valence-electron chi connectivity index (χ3n) is 2.58. The van der Waals surface area contributed by atoms with E-state index >= 15 is 0 Å². The molecule has 0 aromatic heterocycles. The van der Waals surface area contributed by atoms with E-state index in [0.29, 0.717) is 0 Å². The van der Waals surface area contributed by atoms with Crippen molar-refractivity contribution in [3.8, 4) is 0 Å². The molecule has 0 heterocycles. The van der Waals surface area contributed by atoms with E-state index < -0.39 is 0 Å². The highest BCUT2D eigenvalue weighted by atomic mass is 14.6. The summed E-state index contributed by atoms with van der Waals surface area (Å²) in [5.41, 5.74) is 6.96. The number of nitrogens with two attached hydrogens (primary N) is 1. The standard InChI is InChI=1S/C11H21N/c12-11-9-7-5-3-1-2-4-6-8-10-11/h9H,1-8,10,12H2/b11-9+. The fourth-order valence-electron chi connectivity index (χ4n) is 1.75. The molecule has 0 saturated heterocycles. The Morgan fingerprint density at radius 1 is 0.833 bits per heavy atom. The monoisotopic (exact) mass is 167 g/mol. The molecule has 2 N–H and O–H groups in total. The van der Waals surface area contributed by atoms with Gasteiger partial charge in [-0.05, 0) is 25.7 Å². The van der Waals surface area contributed by atoms with E-state index in [9.17, 15) is 0 Å². The van der Waals surface area contributed by atoms with Crippen molar-refractivity contribution in [1.82, 2.24) is 0 Å². The minimum atomic E-state index is 1.12. The van der Waals surface area contributed by atoms with Gasteiger partial charge in [-0.2, -0.15) is 0 Å². The second kappa shape index (κ2) is 6.10. The van der Waals surface area contributed by atoms with E-state index in [2.05, 4.69) is 6.08 Å². The van der Waals surface area contributed by atoms with Crippen LogP contribution in [0.4, 0.5) is 0 Å². The Bertz CT molecular complexity index is 138. The van der Waals surface area contributed by atoms with Crippen molar-refractivity contribution in [3.05, 3.63) is 11.8 Å². The predicted molar refractivity (Wildman–Crippen MR) is 53.8 cm³/mol. The summed E-state index contributed by atoms with van der Waals surface area (Å²) in [7, 11) is 0. The van der Waals surface area contributed by atoms with Gasteiger partial charge in [-0.15, -0.1) is 0 Å². The molecule has 12 heavy (non-hydrogen) atoms. The largest absolute Gasteiger partial charge is 0.402 e. The summed E-state index contributed by atoms with van der Waals surface area (Å²) < 4.78 is 0. The molecule has 0 aliphatic heterocycles. The maximum Gasteiger partial charge on any atom is 0.00399 e. The number of hydrogen-bond acceptors (Lipinski definition) is 1. The van der Waals surface area contributed by atoms with Crippen LogP contribution in [0.15, 0.2) is 11.8 Å². The number of hydrogen-bond donors (Lipinski definition) is 1. The first-order valence-corrected chi connectivity index (χ1v) is 5.34. The summed E-state index contributed by atoms with van der Waals surface area (Å²) in [6, 6.07) is 0. The smallest absolute Gasteiger partial charge is 0.00399 e. The molecule has 0 spiro atoms. The molecule has 1 aliphatic carbocycles. The molecule has 0 aromatic carbocycles. The van der Waals surface area contributed by atoms with Crippen LogP contribution in [0.2, 0.25) is 0 Å². The van der Waals surface area contributed by atoms with Crippen LogP contribution < -0.4 is 5.73 Å². The zero-order valence-electron chi connectivity index (χ0n) is 8.02. The highest BCUT2D eigenvalue weighted by Gasteiger charge is 1.96. The zero-order chi connectivity index (χ0) is 8.65. The summed E-state index contributed by atoms with van der Waals surface area (Å²) in [5.74, 6) is 0. The quantitative estimate of drug-likeness (QED) is 0.588. The first kappa shape index (κ1) is 9.63. The molecule has 0 atom stereocenters. The Hall–Kier alpha value is -0.460. The normalized spacial score (nSPS) is 26.8. The molecular formula is C11H21N. The SMILES string of the molecule is N/C1=C/CCCCCCCCC1. The highest BCUT2D eigenvalue weighted by molar-refractivity contribution is 4.95. The topological polar surface area (TPSA) is 26.0 Å². The first-order chi connectivity index (χ1) is 5.89. The van der Waals surface area contributed by atoms with Gasteiger partial charge in [0.25, 0.3) is 0 Å². The minimum Gasteiger partial charge on any atom is -0.402 e. The van der Waals surface area contributed by atoms with Crippen LogP contribution in [0.1, 0.15) is 57.8 Å². The zero-order valence-corrected chi connectivity index (χ0v) is 8.02. The summed E-state index contributed by atoms with van der Waals surface area (Å²) in [6.45, 7) is 0. The molecule has 0 fully saturated rings. The van der Waals surface area contributed by atoms with Crippen molar-refractivity contribution in [1.29, 1.82) is 0 Å². The maximum atomic E-state index is 5.84. The van der Waals surface area contributed by atoms with Gasteiger partial charge in [0.05, 0.1) is 0 Å². The van der Waals surface area contributed by atoms with Crippen molar-refractivity contribution >= 4 is 0 Å². The van der Waals surface area contributed by atoms with E-state index in [1.54, 1.807) is 0 Å². The minimum absolute atomic E-state index is 1.12. The fraction of sp³-hybridized carbons (Fsp3) is 0.818. The van der Waals surface area contributed by atoms with Crippen molar-refractivity contribution in [2.75, 3.05) is 0 Å². The third kappa shape index (κ3) is 4.42. The third-order valence-corrected chi connectivity index (χ3v) is 2.58. The predicted octanol–water partition coefficient (Wildman–Crippen LogP) is 3.35. The van der Waals surface area contributed by atoms with Crippen molar-refractivity contribution in [2.24, 2.45) is 5.73 Å². The van der Waals surface area contributed by atoms with Crippen LogP contribution in [0.3, 0.4) is 0 Å². The van der Waals surface area contributed by atoms with Gasteiger partial charge in [-0.25, -0.2) is 0 Å². The summed E-state index contributed by atoms with van der Waals surface area (Å²) in [4.78, 5) is 0. The molecule has 0 aromatic rings. The Morgan fingerprint density at radius 2 is 1.42 bits per heavy atom. The van der Waals surface area contributed by atoms with Crippen molar-refractivity contribution < 1.29 is 0 Å². The molecule has 1 nitrogen and oxygen atoms in total. The van der Waals surface area contributed by atoms with E-state index in [0.717, 1.165) is 12.1 Å².